The van der Waals surface area contributed by atoms with E-state index < -0.39 is 29.7 Å². The molecule has 1 atom stereocenters. The van der Waals surface area contributed by atoms with E-state index in [4.69, 9.17) is 0 Å². The largest absolute Gasteiger partial charge is 0.327 e. The number of amides is 6. The number of nitrogens with one attached hydrogen (secondary N) is 2. The van der Waals surface area contributed by atoms with Crippen LogP contribution in [-0.2, 0) is 16.0 Å². The van der Waals surface area contributed by atoms with Crippen LogP contribution in [0.3, 0.4) is 0 Å². The Morgan fingerprint density at radius 1 is 1.03 bits per heavy atom. The monoisotopic (exact) mass is 470 g/mol. The number of para-hydroxylation sites is 1. The Bertz CT molecular complexity index is 1340. The summed E-state index contributed by atoms with van der Waals surface area (Å²) in [5.41, 5.74) is 2.92. The smallest absolute Gasteiger partial charge is 0.322 e. The number of rotatable bonds is 2. The van der Waals surface area contributed by atoms with E-state index >= 15 is 0 Å². The Labute approximate surface area is 201 Å². The van der Waals surface area contributed by atoms with Crippen molar-refractivity contribution in [2.75, 3.05) is 18.0 Å². The molecule has 9 heteroatoms. The second-order valence-corrected chi connectivity index (χ2v) is 8.55. The molecule has 0 saturated carbocycles. The number of imide groups is 2. The van der Waals surface area contributed by atoms with E-state index in [1.807, 2.05) is 24.3 Å². The van der Waals surface area contributed by atoms with Crippen molar-refractivity contribution < 1.29 is 24.0 Å². The van der Waals surface area contributed by atoms with E-state index in [9.17, 15) is 24.0 Å². The van der Waals surface area contributed by atoms with Crippen LogP contribution >= 0.6 is 0 Å². The first-order valence-electron chi connectivity index (χ1n) is 11.4. The van der Waals surface area contributed by atoms with Gasteiger partial charge < -0.3 is 5.32 Å². The van der Waals surface area contributed by atoms with Gasteiger partial charge in [0.2, 0.25) is 11.8 Å². The Morgan fingerprint density at radius 2 is 1.83 bits per heavy atom. The molecule has 0 radical (unpaired) electrons. The van der Waals surface area contributed by atoms with Crippen molar-refractivity contribution in [2.45, 2.75) is 31.7 Å². The number of aryl methyl sites for hydroxylation is 1. The van der Waals surface area contributed by atoms with E-state index in [1.165, 1.54) is 12.1 Å². The third-order valence-electron chi connectivity index (χ3n) is 6.36. The topological polar surface area (TPSA) is 116 Å². The maximum Gasteiger partial charge on any atom is 0.322 e. The molecule has 2 aromatic rings. The first kappa shape index (κ1) is 22.3. The second kappa shape index (κ2) is 9.06. The molecular formula is C26H22N4O5. The average molecular weight is 470 g/mol. The lowest BCUT2D eigenvalue weighted by Gasteiger charge is -2.29. The van der Waals surface area contributed by atoms with E-state index in [2.05, 4.69) is 22.5 Å². The molecule has 6 amide bonds. The highest BCUT2D eigenvalue weighted by Crippen LogP contribution is 2.28. The molecule has 3 heterocycles. The van der Waals surface area contributed by atoms with Gasteiger partial charge in [0.15, 0.2) is 0 Å². The number of carbonyl (C=O) groups excluding carboxylic acids is 5. The minimum absolute atomic E-state index is 0.0648. The predicted molar refractivity (Wildman–Crippen MR) is 125 cm³/mol. The van der Waals surface area contributed by atoms with Crippen LogP contribution in [-0.4, -0.2) is 53.7 Å². The molecule has 1 saturated heterocycles. The number of benzene rings is 2. The Hall–Kier alpha value is -4.45. The summed E-state index contributed by atoms with van der Waals surface area (Å²) in [6, 6.07) is 11.2. The molecule has 0 bridgehead atoms. The summed E-state index contributed by atoms with van der Waals surface area (Å²) in [4.78, 5) is 64.5. The fraction of sp³-hybridized carbons (Fsp3) is 0.269. The maximum absolute atomic E-state index is 12.9. The van der Waals surface area contributed by atoms with Gasteiger partial charge in [0.1, 0.15) is 6.04 Å². The maximum atomic E-state index is 12.9. The summed E-state index contributed by atoms with van der Waals surface area (Å²) < 4.78 is 0. The zero-order valence-electron chi connectivity index (χ0n) is 18.8. The average Bonchev–Trinajstić information content (AvgIpc) is 3.10. The highest BCUT2D eigenvalue weighted by molar-refractivity contribution is 6.23. The first-order chi connectivity index (χ1) is 16.9. The second-order valence-electron chi connectivity index (χ2n) is 8.55. The summed E-state index contributed by atoms with van der Waals surface area (Å²) in [5.74, 6) is 3.57. The van der Waals surface area contributed by atoms with Crippen molar-refractivity contribution in [3.63, 3.8) is 0 Å². The Kier molecular flexibility index (Phi) is 5.79. The minimum atomic E-state index is -1.01. The third kappa shape index (κ3) is 4.15. The molecule has 1 fully saturated rings. The highest BCUT2D eigenvalue weighted by atomic mass is 16.2. The molecule has 2 aromatic carbocycles. The molecular weight excluding hydrogens is 448 g/mol. The molecule has 5 rings (SSSR count). The predicted octanol–water partition coefficient (Wildman–Crippen LogP) is 1.60. The molecule has 9 nitrogen and oxygen atoms in total. The summed E-state index contributed by atoms with van der Waals surface area (Å²) >= 11 is 0. The third-order valence-corrected chi connectivity index (χ3v) is 6.36. The lowest BCUT2D eigenvalue weighted by molar-refractivity contribution is -0.136. The number of urea groups is 1. The van der Waals surface area contributed by atoms with Crippen molar-refractivity contribution in [3.8, 4) is 11.8 Å². The zero-order valence-corrected chi connectivity index (χ0v) is 18.8. The lowest BCUT2D eigenvalue weighted by Crippen LogP contribution is -2.54. The van der Waals surface area contributed by atoms with Crippen molar-refractivity contribution in [2.24, 2.45) is 0 Å². The molecule has 35 heavy (non-hydrogen) atoms. The van der Waals surface area contributed by atoms with Gasteiger partial charge in [0.25, 0.3) is 11.8 Å². The van der Waals surface area contributed by atoms with Gasteiger partial charge in [-0.1, -0.05) is 30.0 Å². The van der Waals surface area contributed by atoms with Crippen LogP contribution in [0.2, 0.25) is 0 Å². The molecule has 0 spiro atoms. The standard InChI is InChI=1S/C26H22N4O5/c31-22-12-11-21(23(32)28-22)30-24(33)18-10-9-16(15-19(18)25(30)34)5-3-13-27-26(35)29-14-4-7-17-6-1-2-8-20(17)29/h1-2,6,8-10,15,21H,4,7,11-14H2,(H,27,35)(H,28,31,32). The molecule has 3 aliphatic rings. The number of nitrogens with zero attached hydrogens (tertiary/aromatic N) is 2. The van der Waals surface area contributed by atoms with Crippen molar-refractivity contribution >= 4 is 35.3 Å². The van der Waals surface area contributed by atoms with Crippen LogP contribution < -0.4 is 15.5 Å². The lowest BCUT2D eigenvalue weighted by atomic mass is 10.0. The molecule has 176 valence electrons. The Balaban J connectivity index is 1.25. The van der Waals surface area contributed by atoms with Gasteiger partial charge >= 0.3 is 6.03 Å². The van der Waals surface area contributed by atoms with Gasteiger partial charge in [-0.2, -0.15) is 0 Å². The molecule has 1 unspecified atom stereocenters. The highest BCUT2D eigenvalue weighted by Gasteiger charge is 2.44. The summed E-state index contributed by atoms with van der Waals surface area (Å²) in [7, 11) is 0. The molecule has 3 aliphatic heterocycles. The SMILES string of the molecule is O=C1CCC(N2C(=O)c3ccc(C#CCNC(=O)N4CCCc5ccccc54)cc3C2=O)C(=O)N1. The molecule has 2 N–H and O–H groups in total. The van der Waals surface area contributed by atoms with Crippen LogP contribution in [0.4, 0.5) is 10.5 Å². The van der Waals surface area contributed by atoms with Crippen LogP contribution in [0.5, 0.6) is 0 Å². The van der Waals surface area contributed by atoms with E-state index in [-0.39, 0.29) is 36.5 Å². The van der Waals surface area contributed by atoms with Crippen LogP contribution in [0, 0.1) is 11.8 Å². The summed E-state index contributed by atoms with van der Waals surface area (Å²) in [6.07, 6.45) is 2.01. The van der Waals surface area contributed by atoms with Gasteiger partial charge in [-0.05, 0) is 49.1 Å². The van der Waals surface area contributed by atoms with Gasteiger partial charge in [-0.3, -0.25) is 34.3 Å². The van der Waals surface area contributed by atoms with Gasteiger partial charge in [0.05, 0.1) is 17.7 Å². The van der Waals surface area contributed by atoms with Crippen LogP contribution in [0.1, 0.15) is 51.1 Å². The van der Waals surface area contributed by atoms with Crippen LogP contribution in [0.15, 0.2) is 42.5 Å². The van der Waals surface area contributed by atoms with Gasteiger partial charge in [0, 0.05) is 24.2 Å². The number of hydrogen-bond donors (Lipinski definition) is 2. The Morgan fingerprint density at radius 3 is 2.66 bits per heavy atom. The van der Waals surface area contributed by atoms with Gasteiger partial charge in [-0.25, -0.2) is 4.79 Å². The van der Waals surface area contributed by atoms with E-state index in [0.717, 1.165) is 29.0 Å². The molecule has 0 aliphatic carbocycles. The van der Waals surface area contributed by atoms with E-state index in [0.29, 0.717) is 12.1 Å². The van der Waals surface area contributed by atoms with Gasteiger partial charge in [-0.15, -0.1) is 0 Å². The number of anilines is 1. The van der Waals surface area contributed by atoms with Crippen molar-refractivity contribution in [1.29, 1.82) is 0 Å². The van der Waals surface area contributed by atoms with Crippen molar-refractivity contribution in [3.05, 3.63) is 64.7 Å². The minimum Gasteiger partial charge on any atom is -0.327 e. The van der Waals surface area contributed by atoms with Crippen LogP contribution in [0.25, 0.3) is 0 Å². The fourth-order valence-electron chi connectivity index (χ4n) is 4.65. The zero-order chi connectivity index (χ0) is 24.5. The normalized spacial score (nSPS) is 18.9. The number of carbonyl (C=O) groups is 5. The fourth-order valence-corrected chi connectivity index (χ4v) is 4.65. The summed E-state index contributed by atoms with van der Waals surface area (Å²) in [6.45, 7) is 0.755. The number of piperidine rings is 1. The quantitative estimate of drug-likeness (QED) is 0.511. The number of fused-ring (bicyclic) bond motifs is 2. The molecule has 0 aromatic heterocycles. The van der Waals surface area contributed by atoms with E-state index in [1.54, 1.807) is 11.0 Å². The van der Waals surface area contributed by atoms with Crippen molar-refractivity contribution in [1.82, 2.24) is 15.5 Å². The summed E-state index contributed by atoms with van der Waals surface area (Å²) in [5, 5.41) is 4.98. The number of hydrogen-bond acceptors (Lipinski definition) is 5. The first-order valence-corrected chi connectivity index (χ1v) is 11.4.